The Morgan fingerprint density at radius 1 is 1.12 bits per heavy atom. The van der Waals surface area contributed by atoms with Gasteiger partial charge in [0.2, 0.25) is 0 Å². The summed E-state index contributed by atoms with van der Waals surface area (Å²) in [6.45, 7) is 0. The Kier molecular flexibility index (Phi) is 4.69. The van der Waals surface area contributed by atoms with Gasteiger partial charge in [-0.05, 0) is 0 Å². The third kappa shape index (κ3) is 4.47. The molecule has 0 saturated carbocycles. The van der Waals surface area contributed by atoms with Crippen molar-refractivity contribution in [1.82, 2.24) is 14.8 Å². The van der Waals surface area contributed by atoms with Crippen LogP contribution in [0.5, 0.6) is 0 Å². The Balaban J connectivity index is 2.22. The van der Waals surface area contributed by atoms with Crippen LogP contribution >= 0.6 is 11.3 Å². The van der Waals surface area contributed by atoms with E-state index in [9.17, 15) is 34.8 Å². The van der Waals surface area contributed by atoms with E-state index in [1.165, 1.54) is 7.05 Å². The van der Waals surface area contributed by atoms with Crippen LogP contribution in [0.15, 0.2) is 11.6 Å². The van der Waals surface area contributed by atoms with Crippen LogP contribution in [-0.4, -0.2) is 23.2 Å². The Hall–Kier alpha value is -1.63. The lowest BCUT2D eigenvalue weighted by molar-refractivity contribution is -0.142. The molecule has 2 aromatic heterocycles. The van der Waals surface area contributed by atoms with Crippen molar-refractivity contribution in [3.8, 4) is 0 Å². The summed E-state index contributed by atoms with van der Waals surface area (Å²) in [5.41, 5.74) is -3.16. The minimum atomic E-state index is -4.84. The molecule has 0 aromatic carbocycles. The van der Waals surface area contributed by atoms with Gasteiger partial charge in [-0.15, -0.1) is 11.3 Å². The van der Waals surface area contributed by atoms with Crippen molar-refractivity contribution in [1.29, 1.82) is 0 Å². The maximum Gasteiger partial charge on any atom is 0.435 e. The molecule has 13 heteroatoms. The van der Waals surface area contributed by atoms with Gasteiger partial charge in [0, 0.05) is 24.2 Å². The molecule has 0 saturated heterocycles. The maximum absolute atomic E-state index is 12.8. The summed E-state index contributed by atoms with van der Waals surface area (Å²) < 4.78 is 100. The van der Waals surface area contributed by atoms with Gasteiger partial charge >= 0.3 is 12.4 Å². The lowest BCUT2D eigenvalue weighted by Crippen LogP contribution is -2.14. The highest BCUT2D eigenvalue weighted by Crippen LogP contribution is 2.33. The summed E-state index contributed by atoms with van der Waals surface area (Å²) in [7, 11) is -2.97. The number of hydrogen-bond donors (Lipinski definition) is 0. The lowest BCUT2D eigenvalue weighted by Gasteiger charge is -2.06. The second-order valence-electron chi connectivity index (χ2n) is 4.83. The van der Waals surface area contributed by atoms with Gasteiger partial charge in [-0.25, -0.2) is 13.4 Å². The van der Waals surface area contributed by atoms with Gasteiger partial charge in [0.25, 0.3) is 0 Å². The van der Waals surface area contributed by atoms with Gasteiger partial charge in [0.05, 0.1) is 5.75 Å². The van der Waals surface area contributed by atoms with Crippen molar-refractivity contribution in [2.75, 3.05) is 0 Å². The summed E-state index contributed by atoms with van der Waals surface area (Å²) in [4.78, 5) is 3.16. The van der Waals surface area contributed by atoms with E-state index in [1.54, 1.807) is 0 Å². The molecule has 0 unspecified atom stereocenters. The first-order valence-electron chi connectivity index (χ1n) is 6.10. The topological polar surface area (TPSA) is 64.8 Å². The normalized spacial score (nSPS) is 13.5. The fraction of sp³-hybridized carbons (Fsp3) is 0.455. The fourth-order valence-corrected chi connectivity index (χ4v) is 4.49. The zero-order chi connectivity index (χ0) is 18.3. The predicted molar refractivity (Wildman–Crippen MR) is 71.7 cm³/mol. The highest BCUT2D eigenvalue weighted by molar-refractivity contribution is 7.89. The number of alkyl halides is 6. The standard InChI is InChI=1S/C11H9F6N3O2S2/c1-20-2-6(9(19-20)11(15,16)17)4-24(21,22)5-8-18-7(3-23-8)10(12,13)14/h2-3H,4-5H2,1H3. The molecule has 0 atom stereocenters. The number of rotatable bonds is 4. The molecule has 0 N–H and O–H groups in total. The van der Waals surface area contributed by atoms with E-state index in [0.29, 0.717) is 16.7 Å². The summed E-state index contributed by atoms with van der Waals surface area (Å²) >= 11 is 0.475. The van der Waals surface area contributed by atoms with Crippen LogP contribution in [0.4, 0.5) is 26.3 Å². The molecule has 134 valence electrons. The molecule has 0 aliphatic rings. The van der Waals surface area contributed by atoms with Crippen molar-refractivity contribution in [2.24, 2.45) is 7.05 Å². The molecule has 2 rings (SSSR count). The third-order valence-corrected chi connectivity index (χ3v) is 5.23. The lowest BCUT2D eigenvalue weighted by atomic mass is 10.3. The minimum Gasteiger partial charge on any atom is -0.275 e. The summed E-state index contributed by atoms with van der Waals surface area (Å²) in [6.07, 6.45) is -8.65. The molecule has 2 heterocycles. The molecule has 0 bridgehead atoms. The van der Waals surface area contributed by atoms with E-state index in [4.69, 9.17) is 0 Å². The van der Waals surface area contributed by atoms with E-state index in [2.05, 4.69) is 10.1 Å². The predicted octanol–water partition coefficient (Wildman–Crippen LogP) is 3.03. The van der Waals surface area contributed by atoms with Crippen molar-refractivity contribution in [2.45, 2.75) is 23.9 Å². The Bertz CT molecular complexity index is 835. The molecule has 0 aliphatic heterocycles. The van der Waals surface area contributed by atoms with Crippen LogP contribution < -0.4 is 0 Å². The van der Waals surface area contributed by atoms with Gasteiger partial charge in [-0.1, -0.05) is 0 Å². The number of hydrogen-bond acceptors (Lipinski definition) is 5. The Morgan fingerprint density at radius 2 is 1.75 bits per heavy atom. The second-order valence-corrected chi connectivity index (χ2v) is 7.84. The van der Waals surface area contributed by atoms with Gasteiger partial charge in [0.15, 0.2) is 21.2 Å². The molecule has 2 aromatic rings. The molecule has 0 aliphatic carbocycles. The zero-order valence-electron chi connectivity index (χ0n) is 11.8. The maximum atomic E-state index is 12.8. The van der Waals surface area contributed by atoms with Crippen LogP contribution in [0.2, 0.25) is 0 Å². The van der Waals surface area contributed by atoms with Crippen LogP contribution in [0, 0.1) is 0 Å². The minimum absolute atomic E-state index is 0.347. The summed E-state index contributed by atoms with van der Waals surface area (Å²) in [5, 5.41) is 3.48. The van der Waals surface area contributed by atoms with Crippen molar-refractivity contribution in [3.63, 3.8) is 0 Å². The molecule has 0 fully saturated rings. The van der Waals surface area contributed by atoms with Crippen molar-refractivity contribution >= 4 is 21.2 Å². The summed E-state index contributed by atoms with van der Waals surface area (Å²) in [5.74, 6) is -1.89. The number of halogens is 6. The van der Waals surface area contributed by atoms with E-state index in [1.807, 2.05) is 0 Å². The summed E-state index contributed by atoms with van der Waals surface area (Å²) in [6, 6.07) is 0. The quantitative estimate of drug-likeness (QED) is 0.749. The molecule has 24 heavy (non-hydrogen) atoms. The van der Waals surface area contributed by atoms with Gasteiger partial charge in [-0.3, -0.25) is 4.68 Å². The monoisotopic (exact) mass is 393 g/mol. The van der Waals surface area contributed by atoms with E-state index in [-0.39, 0.29) is 5.01 Å². The Morgan fingerprint density at radius 3 is 2.25 bits per heavy atom. The van der Waals surface area contributed by atoms with E-state index >= 15 is 0 Å². The average Bonchev–Trinajstić information content (AvgIpc) is 2.93. The highest BCUT2D eigenvalue weighted by Gasteiger charge is 2.38. The number of nitrogens with zero attached hydrogens (tertiary/aromatic N) is 3. The average molecular weight is 393 g/mol. The second kappa shape index (κ2) is 6.02. The van der Waals surface area contributed by atoms with Gasteiger partial charge in [-0.2, -0.15) is 31.4 Å². The highest BCUT2D eigenvalue weighted by atomic mass is 32.2. The van der Waals surface area contributed by atoms with E-state index in [0.717, 1.165) is 10.9 Å². The van der Waals surface area contributed by atoms with Crippen LogP contribution in [0.3, 0.4) is 0 Å². The number of aromatic nitrogens is 3. The van der Waals surface area contributed by atoms with Crippen LogP contribution in [0.1, 0.15) is 22.0 Å². The van der Waals surface area contributed by atoms with Gasteiger partial charge < -0.3 is 0 Å². The zero-order valence-corrected chi connectivity index (χ0v) is 13.4. The first kappa shape index (κ1) is 18.7. The SMILES string of the molecule is Cn1cc(CS(=O)(=O)Cc2nc(C(F)(F)F)cs2)c(C(F)(F)F)n1. The number of thiazole rings is 1. The third-order valence-electron chi connectivity index (χ3n) is 2.73. The van der Waals surface area contributed by atoms with E-state index < -0.39 is 50.6 Å². The molecule has 0 spiro atoms. The number of sulfone groups is 1. The molecule has 0 radical (unpaired) electrons. The van der Waals surface area contributed by atoms with Gasteiger partial charge in [0.1, 0.15) is 10.8 Å². The van der Waals surface area contributed by atoms with Crippen molar-refractivity contribution in [3.05, 3.63) is 33.5 Å². The van der Waals surface area contributed by atoms with Crippen LogP contribution in [0.25, 0.3) is 0 Å². The number of aryl methyl sites for hydroxylation is 1. The molecule has 5 nitrogen and oxygen atoms in total. The first-order chi connectivity index (χ1) is 10.8. The Labute approximate surface area is 135 Å². The fourth-order valence-electron chi connectivity index (χ4n) is 1.87. The smallest absolute Gasteiger partial charge is 0.275 e. The van der Waals surface area contributed by atoms with Crippen molar-refractivity contribution < 1.29 is 34.8 Å². The van der Waals surface area contributed by atoms with Crippen LogP contribution in [-0.2, 0) is 40.7 Å². The largest absolute Gasteiger partial charge is 0.435 e. The molecular weight excluding hydrogens is 384 g/mol. The molecular formula is C11H9F6N3O2S2. The molecule has 0 amide bonds. The first-order valence-corrected chi connectivity index (χ1v) is 8.80.